The van der Waals surface area contributed by atoms with Crippen LogP contribution < -0.4 is 5.32 Å². The van der Waals surface area contributed by atoms with Crippen LogP contribution in [0.5, 0.6) is 0 Å². The smallest absolute Gasteiger partial charge is 0.326 e. The van der Waals surface area contributed by atoms with Gasteiger partial charge < -0.3 is 36.0 Å². The molecule has 5 atom stereocenters. The molecule has 9 nitrogen and oxygen atoms in total. The second-order valence-electron chi connectivity index (χ2n) is 4.74. The molecule has 0 spiro atoms. The number of carboxylic acids is 1. The van der Waals surface area contributed by atoms with Crippen molar-refractivity contribution in [2.75, 3.05) is 6.61 Å². The molecule has 0 aliphatic carbocycles. The number of aliphatic carboxylic acids is 1. The van der Waals surface area contributed by atoms with Crippen molar-refractivity contribution in [1.82, 2.24) is 5.32 Å². The molecule has 0 aliphatic rings. The maximum Gasteiger partial charge on any atom is 0.326 e. The van der Waals surface area contributed by atoms with Crippen molar-refractivity contribution >= 4 is 11.9 Å². The Balaban J connectivity index is 4.72. The molecule has 20 heavy (non-hydrogen) atoms. The molecule has 0 aliphatic heterocycles. The monoisotopic (exact) mass is 295 g/mol. The Morgan fingerprint density at radius 2 is 1.55 bits per heavy atom. The Morgan fingerprint density at radius 3 is 1.90 bits per heavy atom. The fraction of sp³-hybridized carbons (Fsp3) is 0.818. The molecule has 118 valence electrons. The van der Waals surface area contributed by atoms with Crippen LogP contribution in [0.3, 0.4) is 0 Å². The first-order chi connectivity index (χ1) is 9.13. The molecule has 7 N–H and O–H groups in total. The van der Waals surface area contributed by atoms with E-state index in [9.17, 15) is 24.9 Å². The molecule has 1 amide bonds. The van der Waals surface area contributed by atoms with Crippen molar-refractivity contribution in [3.05, 3.63) is 0 Å². The van der Waals surface area contributed by atoms with Gasteiger partial charge in [0, 0.05) is 0 Å². The molecule has 0 aromatic carbocycles. The van der Waals surface area contributed by atoms with Crippen LogP contribution in [0, 0.1) is 5.92 Å². The molecule has 0 bridgehead atoms. The summed E-state index contributed by atoms with van der Waals surface area (Å²) in [5, 5.41) is 56.9. The molecule has 0 unspecified atom stereocenters. The number of hydrogen-bond acceptors (Lipinski definition) is 7. The lowest BCUT2D eigenvalue weighted by Crippen LogP contribution is -2.55. The zero-order valence-corrected chi connectivity index (χ0v) is 11.2. The predicted molar refractivity (Wildman–Crippen MR) is 65.5 cm³/mol. The van der Waals surface area contributed by atoms with E-state index >= 15 is 0 Å². The highest BCUT2D eigenvalue weighted by Crippen LogP contribution is 2.07. The molecular weight excluding hydrogens is 274 g/mol. The summed E-state index contributed by atoms with van der Waals surface area (Å²) in [7, 11) is 0. The summed E-state index contributed by atoms with van der Waals surface area (Å²) in [5.74, 6) is -2.98. The van der Waals surface area contributed by atoms with Crippen molar-refractivity contribution in [3.8, 4) is 0 Å². The first-order valence-corrected chi connectivity index (χ1v) is 5.99. The number of carboxylic acid groups (broad SMARTS) is 1. The molecule has 0 aromatic heterocycles. The third-order valence-electron chi connectivity index (χ3n) is 2.75. The number of carbonyl (C=O) groups is 2. The van der Waals surface area contributed by atoms with Crippen LogP contribution in [0.4, 0.5) is 0 Å². The molecule has 0 rings (SSSR count). The average Bonchev–Trinajstić information content (AvgIpc) is 2.39. The van der Waals surface area contributed by atoms with E-state index in [-0.39, 0.29) is 0 Å². The lowest BCUT2D eigenvalue weighted by Gasteiger charge is -2.26. The SMILES string of the molecule is CC(C)[C@H](NC(=O)[C@H](O)[C@@H](O)[C@H](O)[C@H](O)CO)C(=O)O. The van der Waals surface area contributed by atoms with E-state index < -0.39 is 54.9 Å². The van der Waals surface area contributed by atoms with Crippen LogP contribution in [0.1, 0.15) is 13.8 Å². The highest BCUT2D eigenvalue weighted by molar-refractivity contribution is 5.86. The maximum absolute atomic E-state index is 11.6. The summed E-state index contributed by atoms with van der Waals surface area (Å²) in [6, 6.07) is -1.27. The second-order valence-corrected chi connectivity index (χ2v) is 4.74. The largest absolute Gasteiger partial charge is 0.480 e. The molecule has 0 radical (unpaired) electrons. The van der Waals surface area contributed by atoms with E-state index in [1.165, 1.54) is 13.8 Å². The predicted octanol–water partition coefficient (Wildman–Crippen LogP) is -3.35. The van der Waals surface area contributed by atoms with Crippen molar-refractivity contribution in [2.45, 2.75) is 44.3 Å². The van der Waals surface area contributed by atoms with Gasteiger partial charge in [-0.05, 0) is 5.92 Å². The standard InChI is InChI=1S/C11H21NO8/c1-4(2)6(11(19)20)12-10(18)9(17)8(16)7(15)5(14)3-13/h4-9,13-17H,3H2,1-2H3,(H,12,18)(H,19,20)/t5-,6+,7-,8+,9-/m1/s1. The number of hydrogen-bond donors (Lipinski definition) is 7. The van der Waals surface area contributed by atoms with E-state index in [0.29, 0.717) is 0 Å². The topological polar surface area (TPSA) is 168 Å². The number of aliphatic hydroxyl groups excluding tert-OH is 5. The van der Waals surface area contributed by atoms with Gasteiger partial charge in [0.15, 0.2) is 6.10 Å². The lowest BCUT2D eigenvalue weighted by atomic mass is 10.0. The number of aliphatic hydroxyl groups is 5. The summed E-state index contributed by atoms with van der Waals surface area (Å²) in [4.78, 5) is 22.5. The number of amides is 1. The summed E-state index contributed by atoms with van der Waals surface area (Å²) in [6.45, 7) is 2.19. The quantitative estimate of drug-likeness (QED) is 0.244. The van der Waals surface area contributed by atoms with Gasteiger partial charge in [-0.3, -0.25) is 4.79 Å². The van der Waals surface area contributed by atoms with Crippen molar-refractivity contribution < 1.29 is 40.2 Å². The summed E-state index contributed by atoms with van der Waals surface area (Å²) >= 11 is 0. The van der Waals surface area contributed by atoms with Gasteiger partial charge in [-0.25, -0.2) is 4.79 Å². The van der Waals surface area contributed by atoms with Gasteiger partial charge in [0.25, 0.3) is 5.91 Å². The first-order valence-electron chi connectivity index (χ1n) is 5.99. The van der Waals surface area contributed by atoms with Gasteiger partial charge in [-0.1, -0.05) is 13.8 Å². The Morgan fingerprint density at radius 1 is 1.05 bits per heavy atom. The molecule has 9 heteroatoms. The van der Waals surface area contributed by atoms with Crippen LogP contribution in [-0.2, 0) is 9.59 Å². The van der Waals surface area contributed by atoms with Gasteiger partial charge in [-0.15, -0.1) is 0 Å². The summed E-state index contributed by atoms with van der Waals surface area (Å²) < 4.78 is 0. The Bertz CT molecular complexity index is 334. The van der Waals surface area contributed by atoms with E-state index in [2.05, 4.69) is 0 Å². The van der Waals surface area contributed by atoms with E-state index in [1.807, 2.05) is 5.32 Å². The van der Waals surface area contributed by atoms with Crippen molar-refractivity contribution in [1.29, 1.82) is 0 Å². The fourth-order valence-corrected chi connectivity index (χ4v) is 1.43. The van der Waals surface area contributed by atoms with Crippen LogP contribution in [0.2, 0.25) is 0 Å². The van der Waals surface area contributed by atoms with E-state index in [0.717, 1.165) is 0 Å². The minimum atomic E-state index is -2.15. The number of rotatable bonds is 8. The minimum absolute atomic E-state index is 0.464. The molecule has 0 aromatic rings. The van der Waals surface area contributed by atoms with Gasteiger partial charge in [0.1, 0.15) is 24.4 Å². The second kappa shape index (κ2) is 8.12. The summed E-state index contributed by atoms with van der Waals surface area (Å²) in [5.41, 5.74) is 0. The molecule has 0 fully saturated rings. The van der Waals surface area contributed by atoms with Crippen LogP contribution in [0.15, 0.2) is 0 Å². The third-order valence-corrected chi connectivity index (χ3v) is 2.75. The normalized spacial score (nSPS) is 19.0. The zero-order valence-electron chi connectivity index (χ0n) is 11.2. The van der Waals surface area contributed by atoms with E-state index in [4.69, 9.17) is 15.3 Å². The molecule has 0 saturated heterocycles. The number of nitrogens with one attached hydrogen (secondary N) is 1. The van der Waals surface area contributed by atoms with Crippen molar-refractivity contribution in [3.63, 3.8) is 0 Å². The van der Waals surface area contributed by atoms with Gasteiger partial charge >= 0.3 is 5.97 Å². The minimum Gasteiger partial charge on any atom is -0.480 e. The molecule has 0 saturated carbocycles. The van der Waals surface area contributed by atoms with Crippen LogP contribution >= 0.6 is 0 Å². The van der Waals surface area contributed by atoms with Gasteiger partial charge in [0.05, 0.1) is 6.61 Å². The van der Waals surface area contributed by atoms with Crippen LogP contribution in [0.25, 0.3) is 0 Å². The highest BCUT2D eigenvalue weighted by Gasteiger charge is 2.36. The van der Waals surface area contributed by atoms with Gasteiger partial charge in [0.2, 0.25) is 0 Å². The highest BCUT2D eigenvalue weighted by atomic mass is 16.4. The zero-order chi connectivity index (χ0) is 16.0. The van der Waals surface area contributed by atoms with Crippen LogP contribution in [-0.4, -0.2) is 79.6 Å². The Hall–Kier alpha value is -1.26. The average molecular weight is 295 g/mol. The molecular formula is C11H21NO8. The maximum atomic E-state index is 11.6. The first kappa shape index (κ1) is 18.7. The lowest BCUT2D eigenvalue weighted by molar-refractivity contribution is -0.153. The number of carbonyl (C=O) groups excluding carboxylic acids is 1. The Kier molecular flexibility index (Phi) is 7.61. The fourth-order valence-electron chi connectivity index (χ4n) is 1.43. The summed E-state index contributed by atoms with van der Waals surface area (Å²) in [6.07, 6.45) is -7.92. The Labute approximate surface area is 115 Å². The molecule has 0 heterocycles. The third kappa shape index (κ3) is 5.02. The van der Waals surface area contributed by atoms with Crippen molar-refractivity contribution in [2.24, 2.45) is 5.92 Å². The van der Waals surface area contributed by atoms with Gasteiger partial charge in [-0.2, -0.15) is 0 Å². The van der Waals surface area contributed by atoms with E-state index in [1.54, 1.807) is 0 Å².